The lowest BCUT2D eigenvalue weighted by Crippen LogP contribution is -2.36. The molecule has 2 N–H and O–H groups in total. The molecule has 1 aromatic carbocycles. The summed E-state index contributed by atoms with van der Waals surface area (Å²) in [6.07, 6.45) is 0. The first-order chi connectivity index (χ1) is 8.80. The summed E-state index contributed by atoms with van der Waals surface area (Å²) in [5.41, 5.74) is 7.14. The molecule has 0 heterocycles. The summed E-state index contributed by atoms with van der Waals surface area (Å²) >= 11 is 6.33. The molecule has 0 saturated carbocycles. The summed E-state index contributed by atoms with van der Waals surface area (Å²) in [4.78, 5) is 2.24. The molecule has 1 unspecified atom stereocenters. The van der Waals surface area contributed by atoms with E-state index in [1.165, 1.54) is 0 Å². The zero-order valence-corrected chi connectivity index (χ0v) is 13.3. The number of likely N-dealkylation sites (N-methyl/N-ethyl adjacent to an activating group) is 1. The second-order valence-corrected chi connectivity index (χ2v) is 6.49. The van der Waals surface area contributed by atoms with Gasteiger partial charge in [0.25, 0.3) is 0 Å². The van der Waals surface area contributed by atoms with Gasteiger partial charge in [-0.05, 0) is 24.6 Å². The summed E-state index contributed by atoms with van der Waals surface area (Å²) in [5.74, 6) is 0.795. The standard InChI is InChI=1S/C15H25ClN2O/c1-15(2,3)10-18(4)12(9-17)14-11(16)7-6-8-13(14)19-5/h6-8,12H,9-10,17H2,1-5H3. The van der Waals surface area contributed by atoms with Crippen molar-refractivity contribution in [1.82, 2.24) is 4.90 Å². The van der Waals surface area contributed by atoms with E-state index in [1.54, 1.807) is 7.11 Å². The molecule has 0 aliphatic rings. The lowest BCUT2D eigenvalue weighted by Gasteiger charge is -2.34. The Bertz CT molecular complexity index is 415. The van der Waals surface area contributed by atoms with Crippen molar-refractivity contribution in [3.63, 3.8) is 0 Å². The molecule has 19 heavy (non-hydrogen) atoms. The van der Waals surface area contributed by atoms with Gasteiger partial charge in [-0.25, -0.2) is 0 Å². The van der Waals surface area contributed by atoms with Gasteiger partial charge in [0.15, 0.2) is 0 Å². The number of hydrogen-bond donors (Lipinski definition) is 1. The molecule has 0 saturated heterocycles. The first-order valence-electron chi connectivity index (χ1n) is 6.53. The van der Waals surface area contributed by atoms with E-state index >= 15 is 0 Å². The van der Waals surface area contributed by atoms with Gasteiger partial charge < -0.3 is 10.5 Å². The van der Waals surface area contributed by atoms with Crippen molar-refractivity contribution in [3.05, 3.63) is 28.8 Å². The topological polar surface area (TPSA) is 38.5 Å². The highest BCUT2D eigenvalue weighted by atomic mass is 35.5. The molecule has 0 spiro atoms. The molecule has 0 aliphatic carbocycles. The van der Waals surface area contributed by atoms with Crippen molar-refractivity contribution in [2.75, 3.05) is 27.2 Å². The van der Waals surface area contributed by atoms with Crippen molar-refractivity contribution < 1.29 is 4.74 Å². The molecule has 108 valence electrons. The highest BCUT2D eigenvalue weighted by Crippen LogP contribution is 2.35. The molecular formula is C15H25ClN2O. The van der Waals surface area contributed by atoms with Crippen LogP contribution in [0.1, 0.15) is 32.4 Å². The van der Waals surface area contributed by atoms with E-state index in [1.807, 2.05) is 18.2 Å². The zero-order valence-electron chi connectivity index (χ0n) is 12.5. The smallest absolute Gasteiger partial charge is 0.125 e. The van der Waals surface area contributed by atoms with Crippen molar-refractivity contribution in [2.24, 2.45) is 11.1 Å². The van der Waals surface area contributed by atoms with Crippen LogP contribution < -0.4 is 10.5 Å². The number of nitrogens with zero attached hydrogens (tertiary/aromatic N) is 1. The maximum absolute atomic E-state index is 6.33. The largest absolute Gasteiger partial charge is 0.496 e. The number of methoxy groups -OCH3 is 1. The average Bonchev–Trinajstić information content (AvgIpc) is 2.29. The quantitative estimate of drug-likeness (QED) is 0.901. The third kappa shape index (κ3) is 4.37. The highest BCUT2D eigenvalue weighted by molar-refractivity contribution is 6.31. The van der Waals surface area contributed by atoms with Crippen molar-refractivity contribution in [1.29, 1.82) is 0 Å². The number of halogens is 1. The summed E-state index contributed by atoms with van der Waals surface area (Å²) in [6, 6.07) is 5.76. The van der Waals surface area contributed by atoms with Crippen LogP contribution in [0, 0.1) is 5.41 Å². The predicted molar refractivity (Wildman–Crippen MR) is 81.9 cm³/mol. The molecule has 1 rings (SSSR count). The van der Waals surface area contributed by atoms with Gasteiger partial charge in [0, 0.05) is 23.7 Å². The third-order valence-electron chi connectivity index (χ3n) is 3.05. The predicted octanol–water partition coefficient (Wildman–Crippen LogP) is 3.33. The minimum atomic E-state index is 0.0582. The molecule has 0 bridgehead atoms. The van der Waals surface area contributed by atoms with E-state index in [4.69, 9.17) is 22.1 Å². The van der Waals surface area contributed by atoms with Crippen molar-refractivity contribution in [2.45, 2.75) is 26.8 Å². The van der Waals surface area contributed by atoms with Crippen molar-refractivity contribution >= 4 is 11.6 Å². The summed E-state index contributed by atoms with van der Waals surface area (Å²) in [5, 5.41) is 0.704. The second-order valence-electron chi connectivity index (χ2n) is 6.08. The molecule has 0 amide bonds. The molecule has 1 aromatic rings. The van der Waals surface area contributed by atoms with Gasteiger partial charge in [0.05, 0.1) is 13.2 Å². The first kappa shape index (κ1) is 16.3. The number of rotatable bonds is 5. The van der Waals surface area contributed by atoms with Crippen LogP contribution >= 0.6 is 11.6 Å². The summed E-state index contributed by atoms with van der Waals surface area (Å²) in [7, 11) is 3.73. The van der Waals surface area contributed by atoms with Gasteiger partial charge in [-0.2, -0.15) is 0 Å². The molecule has 1 atom stereocenters. The second kappa shape index (κ2) is 6.60. The van der Waals surface area contributed by atoms with Gasteiger partial charge in [0.1, 0.15) is 5.75 Å². The van der Waals surface area contributed by atoms with E-state index in [0.29, 0.717) is 11.6 Å². The van der Waals surface area contributed by atoms with E-state index in [-0.39, 0.29) is 11.5 Å². The van der Waals surface area contributed by atoms with Crippen LogP contribution in [-0.2, 0) is 0 Å². The van der Waals surface area contributed by atoms with E-state index in [9.17, 15) is 0 Å². The van der Waals surface area contributed by atoms with E-state index < -0.39 is 0 Å². The molecular weight excluding hydrogens is 260 g/mol. The Labute approximate surface area is 121 Å². The third-order valence-corrected chi connectivity index (χ3v) is 3.37. The minimum Gasteiger partial charge on any atom is -0.496 e. The van der Waals surface area contributed by atoms with Gasteiger partial charge in [-0.3, -0.25) is 4.90 Å². The van der Waals surface area contributed by atoms with Crippen LogP contribution in [0.2, 0.25) is 5.02 Å². The molecule has 3 nitrogen and oxygen atoms in total. The monoisotopic (exact) mass is 284 g/mol. The minimum absolute atomic E-state index is 0.0582. The molecule has 4 heteroatoms. The maximum atomic E-state index is 6.33. The number of benzene rings is 1. The van der Waals surface area contributed by atoms with Gasteiger partial charge in [0.2, 0.25) is 0 Å². The fourth-order valence-electron chi connectivity index (χ4n) is 2.40. The fraction of sp³-hybridized carbons (Fsp3) is 0.600. The lowest BCUT2D eigenvalue weighted by atomic mass is 9.94. The van der Waals surface area contributed by atoms with Gasteiger partial charge >= 0.3 is 0 Å². The first-order valence-corrected chi connectivity index (χ1v) is 6.90. The highest BCUT2D eigenvalue weighted by Gasteiger charge is 2.25. The van der Waals surface area contributed by atoms with Crippen LogP contribution in [0.5, 0.6) is 5.75 Å². The van der Waals surface area contributed by atoms with Crippen molar-refractivity contribution in [3.8, 4) is 5.75 Å². The number of ether oxygens (including phenoxy) is 1. The van der Waals surface area contributed by atoms with Crippen LogP contribution in [0.3, 0.4) is 0 Å². The van der Waals surface area contributed by atoms with Crippen LogP contribution in [0.4, 0.5) is 0 Å². The maximum Gasteiger partial charge on any atom is 0.125 e. The molecule has 0 radical (unpaired) electrons. The average molecular weight is 285 g/mol. The van der Waals surface area contributed by atoms with E-state index in [2.05, 4.69) is 32.7 Å². The lowest BCUT2D eigenvalue weighted by molar-refractivity contribution is 0.173. The number of hydrogen-bond acceptors (Lipinski definition) is 3. The Morgan fingerprint density at radius 2 is 2.00 bits per heavy atom. The van der Waals surface area contributed by atoms with Crippen LogP contribution in [0.15, 0.2) is 18.2 Å². The Balaban J connectivity index is 3.09. The van der Waals surface area contributed by atoms with Gasteiger partial charge in [-0.15, -0.1) is 0 Å². The van der Waals surface area contributed by atoms with E-state index in [0.717, 1.165) is 17.9 Å². The fourth-order valence-corrected chi connectivity index (χ4v) is 2.69. The molecule has 0 aliphatic heterocycles. The molecule has 0 aromatic heterocycles. The Morgan fingerprint density at radius 3 is 2.47 bits per heavy atom. The Morgan fingerprint density at radius 1 is 1.37 bits per heavy atom. The van der Waals surface area contributed by atoms with Gasteiger partial charge in [-0.1, -0.05) is 38.4 Å². The Hall–Kier alpha value is -0.770. The van der Waals surface area contributed by atoms with Crippen LogP contribution in [-0.4, -0.2) is 32.1 Å². The van der Waals surface area contributed by atoms with Crippen LogP contribution in [0.25, 0.3) is 0 Å². The SMILES string of the molecule is COc1cccc(Cl)c1C(CN)N(C)CC(C)(C)C. The molecule has 0 fully saturated rings. The Kier molecular flexibility index (Phi) is 5.65. The summed E-state index contributed by atoms with van der Waals surface area (Å²) < 4.78 is 5.42. The number of nitrogens with two attached hydrogens (primary N) is 1. The normalized spacial score (nSPS) is 13.7. The summed E-state index contributed by atoms with van der Waals surface area (Å²) in [6.45, 7) is 8.07. The zero-order chi connectivity index (χ0) is 14.6.